The van der Waals surface area contributed by atoms with Gasteiger partial charge in [-0.3, -0.25) is 9.69 Å². The van der Waals surface area contributed by atoms with Gasteiger partial charge in [-0.1, -0.05) is 36.1 Å². The van der Waals surface area contributed by atoms with Gasteiger partial charge in [0.15, 0.2) is 4.32 Å². The van der Waals surface area contributed by atoms with Crippen LogP contribution in [0.1, 0.15) is 23.6 Å². The van der Waals surface area contributed by atoms with Gasteiger partial charge < -0.3 is 4.74 Å². The van der Waals surface area contributed by atoms with E-state index in [1.54, 1.807) is 4.90 Å². The second kappa shape index (κ2) is 7.94. The smallest absolute Gasteiger partial charge is 0.270 e. The fourth-order valence-corrected chi connectivity index (χ4v) is 4.40. The van der Waals surface area contributed by atoms with Gasteiger partial charge in [-0.05, 0) is 83.7 Å². The number of aryl methyl sites for hydroxylation is 2. The van der Waals surface area contributed by atoms with E-state index in [4.69, 9.17) is 17.0 Å². The van der Waals surface area contributed by atoms with Gasteiger partial charge in [0.25, 0.3) is 5.91 Å². The average Bonchev–Trinajstić information content (AvgIpc) is 2.87. The molecule has 0 atom stereocenters. The molecular weight excluding hydrogens is 430 g/mol. The van der Waals surface area contributed by atoms with Crippen LogP contribution in [0, 0.1) is 13.8 Å². The Morgan fingerprint density at radius 2 is 1.96 bits per heavy atom. The van der Waals surface area contributed by atoms with Gasteiger partial charge in [0.05, 0.1) is 21.7 Å². The van der Waals surface area contributed by atoms with Crippen molar-refractivity contribution < 1.29 is 9.53 Å². The summed E-state index contributed by atoms with van der Waals surface area (Å²) in [5.41, 5.74) is 4.05. The minimum atomic E-state index is -0.0896. The highest BCUT2D eigenvalue weighted by Crippen LogP contribution is 2.37. The molecule has 0 N–H and O–H groups in total. The molecule has 0 unspecified atom stereocenters. The summed E-state index contributed by atoms with van der Waals surface area (Å²) in [6.07, 6.45) is 1.86. The summed E-state index contributed by atoms with van der Waals surface area (Å²) >= 11 is 10.3. The first-order valence-corrected chi connectivity index (χ1v) is 10.2. The molecule has 26 heavy (non-hydrogen) atoms. The first-order chi connectivity index (χ1) is 12.4. The summed E-state index contributed by atoms with van der Waals surface area (Å²) in [4.78, 5) is 15.1. The number of thiocarbonyl (C=S) groups is 1. The molecule has 1 saturated heterocycles. The normalized spacial score (nSPS) is 15.8. The molecule has 0 spiro atoms. The predicted octanol–water partition coefficient (Wildman–Crippen LogP) is 5.87. The molecule has 0 aliphatic carbocycles. The Kier molecular flexibility index (Phi) is 5.85. The first kappa shape index (κ1) is 19.1. The lowest BCUT2D eigenvalue weighted by Gasteiger charge is -2.15. The number of carbonyl (C=O) groups is 1. The molecule has 1 amide bonds. The lowest BCUT2D eigenvalue weighted by molar-refractivity contribution is -0.113. The van der Waals surface area contributed by atoms with Gasteiger partial charge >= 0.3 is 0 Å². The monoisotopic (exact) mass is 447 g/mol. The summed E-state index contributed by atoms with van der Waals surface area (Å²) in [7, 11) is 0. The summed E-state index contributed by atoms with van der Waals surface area (Å²) in [6.45, 7) is 6.63. The third-order valence-electron chi connectivity index (χ3n) is 4.10. The van der Waals surface area contributed by atoms with Gasteiger partial charge in [0.2, 0.25) is 0 Å². The van der Waals surface area contributed by atoms with E-state index < -0.39 is 0 Å². The average molecular weight is 448 g/mol. The number of halogens is 1. The van der Waals surface area contributed by atoms with E-state index in [-0.39, 0.29) is 5.91 Å². The lowest BCUT2D eigenvalue weighted by atomic mass is 10.1. The molecule has 2 aromatic rings. The number of carbonyl (C=O) groups excluding carboxylic acids is 1. The summed E-state index contributed by atoms with van der Waals surface area (Å²) in [6, 6.07) is 11.7. The quantitative estimate of drug-likeness (QED) is 0.432. The standard InChI is InChI=1S/C20H18BrNO2S2/c1-4-24-17-8-6-14(10-16(17)21)11-18-19(23)22(20(25)26-18)15-7-5-12(2)13(3)9-15/h5-11H,4H2,1-3H3/b18-11-. The fourth-order valence-electron chi connectivity index (χ4n) is 2.59. The number of amides is 1. The van der Waals surface area contributed by atoms with Crippen LogP contribution < -0.4 is 9.64 Å². The van der Waals surface area contributed by atoms with E-state index in [2.05, 4.69) is 15.9 Å². The van der Waals surface area contributed by atoms with Crippen molar-refractivity contribution in [1.29, 1.82) is 0 Å². The van der Waals surface area contributed by atoms with Crippen molar-refractivity contribution in [2.75, 3.05) is 11.5 Å². The van der Waals surface area contributed by atoms with Crippen molar-refractivity contribution in [3.8, 4) is 5.75 Å². The maximum absolute atomic E-state index is 12.9. The molecule has 1 aliphatic heterocycles. The Labute approximate surface area is 171 Å². The van der Waals surface area contributed by atoms with Gasteiger partial charge in [0.1, 0.15) is 5.75 Å². The number of rotatable bonds is 4. The fraction of sp³-hybridized carbons (Fsp3) is 0.200. The minimum absolute atomic E-state index is 0.0896. The molecule has 3 rings (SSSR count). The van der Waals surface area contributed by atoms with Crippen LogP contribution in [0.4, 0.5) is 5.69 Å². The summed E-state index contributed by atoms with van der Waals surface area (Å²) in [5, 5.41) is 0. The third kappa shape index (κ3) is 3.87. The number of anilines is 1. The van der Waals surface area contributed by atoms with E-state index >= 15 is 0 Å². The molecule has 0 radical (unpaired) electrons. The number of ether oxygens (including phenoxy) is 1. The van der Waals surface area contributed by atoms with Crippen LogP contribution in [-0.2, 0) is 4.79 Å². The third-order valence-corrected chi connectivity index (χ3v) is 6.02. The Bertz CT molecular complexity index is 924. The zero-order chi connectivity index (χ0) is 18.8. The van der Waals surface area contributed by atoms with Crippen LogP contribution in [0.25, 0.3) is 6.08 Å². The topological polar surface area (TPSA) is 29.5 Å². The summed E-state index contributed by atoms with van der Waals surface area (Å²) < 4.78 is 6.94. The first-order valence-electron chi connectivity index (χ1n) is 8.18. The Morgan fingerprint density at radius 3 is 2.62 bits per heavy atom. The largest absolute Gasteiger partial charge is 0.493 e. The Hall–Kier alpha value is -1.63. The van der Waals surface area contributed by atoms with Crippen LogP contribution >= 0.6 is 39.9 Å². The zero-order valence-electron chi connectivity index (χ0n) is 14.7. The highest BCUT2D eigenvalue weighted by atomic mass is 79.9. The van der Waals surface area contributed by atoms with Crippen molar-refractivity contribution in [3.63, 3.8) is 0 Å². The number of hydrogen-bond acceptors (Lipinski definition) is 4. The van der Waals surface area contributed by atoms with Crippen molar-refractivity contribution in [3.05, 3.63) is 62.5 Å². The van der Waals surface area contributed by atoms with Gasteiger partial charge in [-0.15, -0.1) is 0 Å². The van der Waals surface area contributed by atoms with Crippen LogP contribution in [0.2, 0.25) is 0 Å². The van der Waals surface area contributed by atoms with E-state index in [0.717, 1.165) is 27.0 Å². The molecule has 3 nitrogen and oxygen atoms in total. The SMILES string of the molecule is CCOc1ccc(/C=C2\SC(=S)N(c3ccc(C)c(C)c3)C2=O)cc1Br. The molecular formula is C20H18BrNO2S2. The molecule has 1 aliphatic rings. The molecule has 2 aromatic carbocycles. The van der Waals surface area contributed by atoms with E-state index in [0.29, 0.717) is 15.8 Å². The van der Waals surface area contributed by atoms with E-state index in [1.165, 1.54) is 17.3 Å². The number of thioether (sulfide) groups is 1. The molecule has 0 saturated carbocycles. The van der Waals surface area contributed by atoms with E-state index in [1.807, 2.05) is 63.2 Å². The van der Waals surface area contributed by atoms with Crippen LogP contribution in [-0.4, -0.2) is 16.8 Å². The molecule has 1 heterocycles. The van der Waals surface area contributed by atoms with Crippen LogP contribution in [0.5, 0.6) is 5.75 Å². The zero-order valence-corrected chi connectivity index (χ0v) is 17.9. The minimum Gasteiger partial charge on any atom is -0.493 e. The van der Waals surface area contributed by atoms with Crippen LogP contribution in [0.3, 0.4) is 0 Å². The Morgan fingerprint density at radius 1 is 1.19 bits per heavy atom. The van der Waals surface area contributed by atoms with Crippen molar-refractivity contribution >= 4 is 61.9 Å². The van der Waals surface area contributed by atoms with Crippen molar-refractivity contribution in [2.45, 2.75) is 20.8 Å². The highest BCUT2D eigenvalue weighted by molar-refractivity contribution is 9.10. The maximum atomic E-state index is 12.9. The predicted molar refractivity (Wildman–Crippen MR) is 117 cm³/mol. The van der Waals surface area contributed by atoms with Crippen molar-refractivity contribution in [1.82, 2.24) is 0 Å². The number of nitrogens with zero attached hydrogens (tertiary/aromatic N) is 1. The Balaban J connectivity index is 1.89. The van der Waals surface area contributed by atoms with Gasteiger partial charge in [-0.2, -0.15) is 0 Å². The lowest BCUT2D eigenvalue weighted by Crippen LogP contribution is -2.27. The van der Waals surface area contributed by atoms with E-state index in [9.17, 15) is 4.79 Å². The van der Waals surface area contributed by atoms with Gasteiger partial charge in [-0.25, -0.2) is 0 Å². The highest BCUT2D eigenvalue weighted by Gasteiger charge is 2.33. The van der Waals surface area contributed by atoms with Crippen LogP contribution in [0.15, 0.2) is 45.8 Å². The van der Waals surface area contributed by atoms with Gasteiger partial charge in [0, 0.05) is 0 Å². The maximum Gasteiger partial charge on any atom is 0.270 e. The number of benzene rings is 2. The molecule has 134 valence electrons. The molecule has 1 fully saturated rings. The molecule has 6 heteroatoms. The molecule has 0 aromatic heterocycles. The number of hydrogen-bond donors (Lipinski definition) is 0. The van der Waals surface area contributed by atoms with Crippen molar-refractivity contribution in [2.24, 2.45) is 0 Å². The second-order valence-electron chi connectivity index (χ2n) is 5.91. The molecule has 0 bridgehead atoms. The summed E-state index contributed by atoms with van der Waals surface area (Å²) in [5.74, 6) is 0.695. The second-order valence-corrected chi connectivity index (χ2v) is 8.44.